The molecule has 0 amide bonds. The molecule has 1 rings (SSSR count). The topological polar surface area (TPSA) is 58.3 Å². The van der Waals surface area contributed by atoms with E-state index in [0.29, 0.717) is 13.1 Å². The summed E-state index contributed by atoms with van der Waals surface area (Å²) in [5.74, 6) is 0.790. The second kappa shape index (κ2) is 5.28. The maximum Gasteiger partial charge on any atom is 0.180 e. The lowest BCUT2D eigenvalue weighted by molar-refractivity contribution is 0.119. The molecule has 2 N–H and O–H groups in total. The third kappa shape index (κ3) is 5.54. The van der Waals surface area contributed by atoms with Crippen LogP contribution in [-0.4, -0.2) is 22.7 Å². The van der Waals surface area contributed by atoms with Crippen molar-refractivity contribution >= 4 is 0 Å². The van der Waals surface area contributed by atoms with Gasteiger partial charge in [-0.2, -0.15) is 0 Å². The molecule has 0 radical (unpaired) electrons. The number of aliphatic hydroxyl groups is 1. The van der Waals surface area contributed by atoms with E-state index in [1.807, 2.05) is 0 Å². The number of hydrogen-bond donors (Lipinski definition) is 2. The molecule has 4 nitrogen and oxygen atoms in total. The molecule has 1 unspecified atom stereocenters. The fourth-order valence-electron chi connectivity index (χ4n) is 1.47. The Labute approximate surface area is 90.7 Å². The molecule has 4 heteroatoms. The van der Waals surface area contributed by atoms with E-state index in [1.54, 1.807) is 6.20 Å². The molecule has 0 aliphatic heterocycles. The van der Waals surface area contributed by atoms with Crippen LogP contribution in [0.5, 0.6) is 0 Å². The van der Waals surface area contributed by atoms with Crippen LogP contribution in [0.15, 0.2) is 17.0 Å². The van der Waals surface area contributed by atoms with Gasteiger partial charge in [-0.25, -0.2) is 4.98 Å². The van der Waals surface area contributed by atoms with Crippen molar-refractivity contribution in [3.05, 3.63) is 18.4 Å². The van der Waals surface area contributed by atoms with Gasteiger partial charge >= 0.3 is 0 Å². The van der Waals surface area contributed by atoms with Crippen molar-refractivity contribution in [3.8, 4) is 0 Å². The first-order valence-corrected chi connectivity index (χ1v) is 5.23. The van der Waals surface area contributed by atoms with Gasteiger partial charge in [0.1, 0.15) is 5.76 Å². The predicted molar refractivity (Wildman–Crippen MR) is 58.3 cm³/mol. The summed E-state index contributed by atoms with van der Waals surface area (Å²) in [4.78, 5) is 3.81. The summed E-state index contributed by atoms with van der Waals surface area (Å²) in [6.45, 7) is 7.55. The first-order chi connectivity index (χ1) is 6.97. The van der Waals surface area contributed by atoms with E-state index in [1.165, 1.54) is 6.39 Å². The normalized spacial score (nSPS) is 14.1. The second-order valence-corrected chi connectivity index (χ2v) is 5.02. The second-order valence-electron chi connectivity index (χ2n) is 5.02. The highest BCUT2D eigenvalue weighted by Gasteiger charge is 2.16. The lowest BCUT2D eigenvalue weighted by atomic mass is 9.89. The Bertz CT molecular complexity index is 265. The van der Waals surface area contributed by atoms with Crippen LogP contribution in [0.25, 0.3) is 0 Å². The highest BCUT2D eigenvalue weighted by molar-refractivity contribution is 4.87. The quantitative estimate of drug-likeness (QED) is 0.777. The number of nitrogens with one attached hydrogen (secondary N) is 1. The molecule has 0 bridgehead atoms. The van der Waals surface area contributed by atoms with E-state index in [2.05, 4.69) is 31.1 Å². The molecule has 0 spiro atoms. The van der Waals surface area contributed by atoms with Gasteiger partial charge < -0.3 is 14.8 Å². The summed E-state index contributed by atoms with van der Waals surface area (Å²) in [6.07, 6.45) is 3.55. The summed E-state index contributed by atoms with van der Waals surface area (Å²) in [7, 11) is 0. The number of rotatable bonds is 5. The Morgan fingerprint density at radius 2 is 2.27 bits per heavy atom. The van der Waals surface area contributed by atoms with Crippen molar-refractivity contribution in [2.75, 3.05) is 6.54 Å². The number of aromatic nitrogens is 1. The fraction of sp³-hybridized carbons (Fsp3) is 0.727. The fourth-order valence-corrected chi connectivity index (χ4v) is 1.47. The van der Waals surface area contributed by atoms with Gasteiger partial charge in [0.25, 0.3) is 0 Å². The number of hydrogen-bond acceptors (Lipinski definition) is 4. The lowest BCUT2D eigenvalue weighted by Crippen LogP contribution is -2.29. The monoisotopic (exact) mass is 212 g/mol. The molecular formula is C11H20N2O2. The molecule has 1 heterocycles. The maximum absolute atomic E-state index is 9.70. The molecular weight excluding hydrogens is 192 g/mol. The molecule has 15 heavy (non-hydrogen) atoms. The van der Waals surface area contributed by atoms with Gasteiger partial charge in [0, 0.05) is 6.54 Å². The Morgan fingerprint density at radius 3 is 2.80 bits per heavy atom. The standard InChI is InChI=1S/C11H20N2O2/c1-11(2,3)4-9(14)5-12-6-10-7-13-8-15-10/h7-9,12,14H,4-6H2,1-3H3. The van der Waals surface area contributed by atoms with E-state index < -0.39 is 0 Å². The molecule has 0 aromatic carbocycles. The molecule has 1 aromatic rings. The predicted octanol–water partition coefficient (Wildman–Crippen LogP) is 1.56. The minimum absolute atomic E-state index is 0.160. The zero-order valence-electron chi connectivity index (χ0n) is 9.66. The van der Waals surface area contributed by atoms with Gasteiger partial charge in [0.15, 0.2) is 6.39 Å². The smallest absolute Gasteiger partial charge is 0.180 e. The Balaban J connectivity index is 2.15. The van der Waals surface area contributed by atoms with Crippen LogP contribution in [-0.2, 0) is 6.54 Å². The summed E-state index contributed by atoms with van der Waals surface area (Å²) in [6, 6.07) is 0. The zero-order chi connectivity index (χ0) is 11.3. The average Bonchev–Trinajstić information content (AvgIpc) is 2.53. The van der Waals surface area contributed by atoms with E-state index in [4.69, 9.17) is 4.42 Å². The van der Waals surface area contributed by atoms with Crippen LogP contribution in [0, 0.1) is 5.41 Å². The maximum atomic E-state index is 9.70. The van der Waals surface area contributed by atoms with Crippen molar-refractivity contribution in [2.24, 2.45) is 5.41 Å². The Morgan fingerprint density at radius 1 is 1.53 bits per heavy atom. The minimum Gasteiger partial charge on any atom is -0.447 e. The Hall–Kier alpha value is -0.870. The van der Waals surface area contributed by atoms with Gasteiger partial charge in [-0.1, -0.05) is 20.8 Å². The molecule has 0 aliphatic rings. The van der Waals surface area contributed by atoms with Crippen LogP contribution in [0.4, 0.5) is 0 Å². The third-order valence-corrected chi connectivity index (χ3v) is 2.01. The number of oxazole rings is 1. The molecule has 0 saturated heterocycles. The van der Waals surface area contributed by atoms with Gasteiger partial charge in [0.2, 0.25) is 0 Å². The molecule has 0 aliphatic carbocycles. The largest absolute Gasteiger partial charge is 0.447 e. The number of nitrogens with zero attached hydrogens (tertiary/aromatic N) is 1. The Kier molecular flexibility index (Phi) is 4.29. The third-order valence-electron chi connectivity index (χ3n) is 2.01. The molecule has 86 valence electrons. The van der Waals surface area contributed by atoms with Crippen molar-refractivity contribution < 1.29 is 9.52 Å². The zero-order valence-corrected chi connectivity index (χ0v) is 9.66. The first-order valence-electron chi connectivity index (χ1n) is 5.23. The SMILES string of the molecule is CC(C)(C)CC(O)CNCc1cnco1. The van der Waals surface area contributed by atoms with E-state index in [0.717, 1.165) is 12.2 Å². The van der Waals surface area contributed by atoms with E-state index in [9.17, 15) is 5.11 Å². The van der Waals surface area contributed by atoms with Crippen molar-refractivity contribution in [2.45, 2.75) is 39.8 Å². The van der Waals surface area contributed by atoms with E-state index >= 15 is 0 Å². The van der Waals surface area contributed by atoms with Crippen LogP contribution < -0.4 is 5.32 Å². The van der Waals surface area contributed by atoms with Crippen LogP contribution in [0.2, 0.25) is 0 Å². The number of aliphatic hydroxyl groups excluding tert-OH is 1. The summed E-state index contributed by atoms with van der Waals surface area (Å²) in [5, 5.41) is 12.8. The molecule has 1 atom stereocenters. The average molecular weight is 212 g/mol. The van der Waals surface area contributed by atoms with Crippen molar-refractivity contribution in [3.63, 3.8) is 0 Å². The first kappa shape index (κ1) is 12.2. The van der Waals surface area contributed by atoms with E-state index in [-0.39, 0.29) is 11.5 Å². The van der Waals surface area contributed by atoms with Gasteiger partial charge in [-0.15, -0.1) is 0 Å². The molecule has 1 aromatic heterocycles. The molecule has 0 saturated carbocycles. The summed E-state index contributed by atoms with van der Waals surface area (Å²) in [5.41, 5.74) is 0.160. The highest BCUT2D eigenvalue weighted by atomic mass is 16.3. The minimum atomic E-state index is -0.312. The highest BCUT2D eigenvalue weighted by Crippen LogP contribution is 2.20. The summed E-state index contributed by atoms with van der Waals surface area (Å²) >= 11 is 0. The lowest BCUT2D eigenvalue weighted by Gasteiger charge is -2.22. The van der Waals surface area contributed by atoms with Crippen LogP contribution in [0.3, 0.4) is 0 Å². The van der Waals surface area contributed by atoms with Gasteiger partial charge in [0.05, 0.1) is 18.8 Å². The van der Waals surface area contributed by atoms with Gasteiger partial charge in [-0.05, 0) is 11.8 Å². The van der Waals surface area contributed by atoms with Gasteiger partial charge in [-0.3, -0.25) is 0 Å². The summed E-state index contributed by atoms with van der Waals surface area (Å²) < 4.78 is 5.06. The van der Waals surface area contributed by atoms with Crippen LogP contribution in [0.1, 0.15) is 33.0 Å². The van der Waals surface area contributed by atoms with Crippen molar-refractivity contribution in [1.82, 2.24) is 10.3 Å². The van der Waals surface area contributed by atoms with Crippen LogP contribution >= 0.6 is 0 Å². The van der Waals surface area contributed by atoms with Crippen molar-refractivity contribution in [1.29, 1.82) is 0 Å². The molecule has 0 fully saturated rings.